The molecule has 4 nitrogen and oxygen atoms in total. The van der Waals surface area contributed by atoms with Gasteiger partial charge in [-0.25, -0.2) is 0 Å². The Hall–Kier alpha value is -1.55. The summed E-state index contributed by atoms with van der Waals surface area (Å²) < 4.78 is 5.81. The molecule has 21 heavy (non-hydrogen) atoms. The zero-order valence-corrected chi connectivity index (χ0v) is 13.3. The molecule has 2 rings (SSSR count). The minimum absolute atomic E-state index is 0.0213. The summed E-state index contributed by atoms with van der Waals surface area (Å²) in [5, 5.41) is 0. The van der Waals surface area contributed by atoms with Crippen molar-refractivity contribution in [2.75, 3.05) is 11.4 Å². The van der Waals surface area contributed by atoms with Crippen molar-refractivity contribution < 1.29 is 9.53 Å². The molecule has 1 aromatic rings. The molecule has 2 atom stereocenters. The largest absolute Gasteiger partial charge is 0.478 e. The predicted octanol–water partition coefficient (Wildman–Crippen LogP) is 3.40. The maximum Gasteiger partial charge on any atom is 0.268 e. The van der Waals surface area contributed by atoms with Crippen LogP contribution >= 0.6 is 0 Å². The molecule has 0 saturated heterocycles. The average molecular weight is 290 g/mol. The maximum atomic E-state index is 12.4. The van der Waals surface area contributed by atoms with Crippen LogP contribution in [0.3, 0.4) is 0 Å². The van der Waals surface area contributed by atoms with E-state index in [1.165, 1.54) is 0 Å². The van der Waals surface area contributed by atoms with Gasteiger partial charge in [-0.15, -0.1) is 0 Å². The van der Waals surface area contributed by atoms with Crippen LogP contribution in [0.5, 0.6) is 5.75 Å². The normalized spacial score (nSPS) is 19.1. The molecule has 1 aliphatic heterocycles. The fraction of sp³-hybridized carbons (Fsp3) is 0.588. The van der Waals surface area contributed by atoms with Gasteiger partial charge in [-0.3, -0.25) is 4.79 Å². The number of nitrogens with two attached hydrogens (primary N) is 1. The number of carbonyl (C=O) groups is 1. The van der Waals surface area contributed by atoms with Gasteiger partial charge in [0.25, 0.3) is 5.91 Å². The molecule has 0 spiro atoms. The van der Waals surface area contributed by atoms with Crippen molar-refractivity contribution in [2.24, 2.45) is 5.73 Å². The highest BCUT2D eigenvalue weighted by atomic mass is 16.5. The molecular formula is C17H26N2O2. The van der Waals surface area contributed by atoms with Gasteiger partial charge in [-0.2, -0.15) is 0 Å². The van der Waals surface area contributed by atoms with Gasteiger partial charge in [0.2, 0.25) is 0 Å². The van der Waals surface area contributed by atoms with Crippen molar-refractivity contribution in [3.8, 4) is 5.75 Å². The van der Waals surface area contributed by atoms with E-state index in [0.29, 0.717) is 13.0 Å². The molecule has 4 heteroatoms. The minimum atomic E-state index is -0.364. The topological polar surface area (TPSA) is 55.6 Å². The second-order valence-electron chi connectivity index (χ2n) is 5.57. The van der Waals surface area contributed by atoms with Gasteiger partial charge in [0.1, 0.15) is 5.75 Å². The predicted molar refractivity (Wildman–Crippen MR) is 85.6 cm³/mol. The van der Waals surface area contributed by atoms with Gasteiger partial charge in [-0.1, -0.05) is 32.8 Å². The molecule has 0 aliphatic carbocycles. The van der Waals surface area contributed by atoms with E-state index in [9.17, 15) is 4.79 Å². The molecule has 116 valence electrons. The number of rotatable bonds is 6. The summed E-state index contributed by atoms with van der Waals surface area (Å²) in [6.07, 6.45) is 3.54. The SMILES string of the molecule is CCCCC(N)c1ccc2c(c1)N(CC)C(=O)C(CC)O2. The zero-order chi connectivity index (χ0) is 15.4. The molecule has 0 aromatic heterocycles. The van der Waals surface area contributed by atoms with Gasteiger partial charge >= 0.3 is 0 Å². The second kappa shape index (κ2) is 6.94. The highest BCUT2D eigenvalue weighted by Crippen LogP contribution is 2.36. The first-order chi connectivity index (χ1) is 10.1. The Kier molecular flexibility index (Phi) is 5.23. The number of fused-ring (bicyclic) bond motifs is 1. The molecule has 1 aliphatic rings. The van der Waals surface area contributed by atoms with E-state index < -0.39 is 0 Å². The van der Waals surface area contributed by atoms with E-state index in [4.69, 9.17) is 10.5 Å². The third kappa shape index (κ3) is 3.21. The Morgan fingerprint density at radius 2 is 2.10 bits per heavy atom. The van der Waals surface area contributed by atoms with Gasteiger partial charge in [0, 0.05) is 12.6 Å². The molecule has 0 fully saturated rings. The van der Waals surface area contributed by atoms with E-state index in [1.807, 2.05) is 36.9 Å². The summed E-state index contributed by atoms with van der Waals surface area (Å²) in [5.74, 6) is 0.835. The first kappa shape index (κ1) is 15.8. The summed E-state index contributed by atoms with van der Waals surface area (Å²) in [6, 6.07) is 6.01. The molecule has 0 bridgehead atoms. The van der Waals surface area contributed by atoms with Crippen LogP contribution in [0.25, 0.3) is 0 Å². The molecular weight excluding hydrogens is 264 g/mol. The zero-order valence-electron chi connectivity index (χ0n) is 13.3. The Bertz CT molecular complexity index is 502. The summed E-state index contributed by atoms with van der Waals surface area (Å²) in [5.41, 5.74) is 8.18. The van der Waals surface area contributed by atoms with Crippen molar-refractivity contribution in [3.63, 3.8) is 0 Å². The van der Waals surface area contributed by atoms with Crippen molar-refractivity contribution in [1.29, 1.82) is 0 Å². The lowest BCUT2D eigenvalue weighted by Crippen LogP contribution is -2.45. The lowest BCUT2D eigenvalue weighted by molar-refractivity contribution is -0.126. The highest BCUT2D eigenvalue weighted by Gasteiger charge is 2.32. The summed E-state index contributed by atoms with van der Waals surface area (Å²) in [6.45, 7) is 6.77. The van der Waals surface area contributed by atoms with Crippen LogP contribution in [0.4, 0.5) is 5.69 Å². The van der Waals surface area contributed by atoms with Gasteiger partial charge in [0.15, 0.2) is 6.10 Å². The number of anilines is 1. The fourth-order valence-corrected chi connectivity index (χ4v) is 2.75. The number of amides is 1. The molecule has 2 unspecified atom stereocenters. The number of nitrogens with zero attached hydrogens (tertiary/aromatic N) is 1. The van der Waals surface area contributed by atoms with Crippen LogP contribution in [-0.4, -0.2) is 18.6 Å². The van der Waals surface area contributed by atoms with E-state index in [-0.39, 0.29) is 18.1 Å². The summed E-state index contributed by atoms with van der Waals surface area (Å²) in [7, 11) is 0. The fourth-order valence-electron chi connectivity index (χ4n) is 2.75. The quantitative estimate of drug-likeness (QED) is 0.873. The monoisotopic (exact) mass is 290 g/mol. The van der Waals surface area contributed by atoms with Crippen LogP contribution in [0.2, 0.25) is 0 Å². The molecule has 0 saturated carbocycles. The van der Waals surface area contributed by atoms with Crippen LogP contribution in [0, 0.1) is 0 Å². The number of carbonyl (C=O) groups excluding carboxylic acids is 1. The maximum absolute atomic E-state index is 12.4. The molecule has 1 amide bonds. The average Bonchev–Trinajstić information content (AvgIpc) is 2.51. The molecule has 0 radical (unpaired) electrons. The Labute approximate surface area is 127 Å². The lowest BCUT2D eigenvalue weighted by Gasteiger charge is -2.34. The lowest BCUT2D eigenvalue weighted by atomic mass is 10.00. The number of hydrogen-bond acceptors (Lipinski definition) is 3. The Morgan fingerprint density at radius 3 is 2.71 bits per heavy atom. The van der Waals surface area contributed by atoms with Crippen molar-refractivity contribution >= 4 is 11.6 Å². The van der Waals surface area contributed by atoms with Crippen LogP contribution < -0.4 is 15.4 Å². The van der Waals surface area contributed by atoms with Crippen molar-refractivity contribution in [1.82, 2.24) is 0 Å². The highest BCUT2D eigenvalue weighted by molar-refractivity contribution is 6.00. The Morgan fingerprint density at radius 1 is 1.33 bits per heavy atom. The number of hydrogen-bond donors (Lipinski definition) is 1. The van der Waals surface area contributed by atoms with Gasteiger partial charge in [-0.05, 0) is 37.5 Å². The van der Waals surface area contributed by atoms with E-state index in [0.717, 1.165) is 36.3 Å². The number of ether oxygens (including phenoxy) is 1. The third-order valence-corrected chi connectivity index (χ3v) is 4.07. The first-order valence-electron chi connectivity index (χ1n) is 7.99. The van der Waals surface area contributed by atoms with Crippen molar-refractivity contribution in [3.05, 3.63) is 23.8 Å². The number of benzene rings is 1. The minimum Gasteiger partial charge on any atom is -0.478 e. The van der Waals surface area contributed by atoms with E-state index >= 15 is 0 Å². The Balaban J connectivity index is 2.30. The van der Waals surface area contributed by atoms with E-state index in [2.05, 4.69) is 6.92 Å². The molecule has 1 aromatic carbocycles. The summed E-state index contributed by atoms with van der Waals surface area (Å²) in [4.78, 5) is 14.2. The van der Waals surface area contributed by atoms with Crippen LogP contribution in [0.1, 0.15) is 58.1 Å². The number of likely N-dealkylation sites (N-methyl/N-ethyl adjacent to an activating group) is 1. The van der Waals surface area contributed by atoms with E-state index in [1.54, 1.807) is 0 Å². The van der Waals surface area contributed by atoms with Crippen molar-refractivity contribution in [2.45, 2.75) is 58.6 Å². The van der Waals surface area contributed by atoms with Crippen LogP contribution in [0.15, 0.2) is 18.2 Å². The summed E-state index contributed by atoms with van der Waals surface area (Å²) >= 11 is 0. The van der Waals surface area contributed by atoms with Crippen LogP contribution in [-0.2, 0) is 4.79 Å². The molecule has 2 N–H and O–H groups in total. The third-order valence-electron chi connectivity index (χ3n) is 4.07. The first-order valence-corrected chi connectivity index (χ1v) is 7.99. The van der Waals surface area contributed by atoms with Gasteiger partial charge < -0.3 is 15.4 Å². The standard InChI is InChI=1S/C17H26N2O2/c1-4-7-8-13(18)12-9-10-16-14(11-12)19(6-3)17(20)15(5-2)21-16/h9-11,13,15H,4-8,18H2,1-3H3. The second-order valence-corrected chi connectivity index (χ2v) is 5.57. The number of unbranched alkanes of at least 4 members (excludes halogenated alkanes) is 1. The van der Waals surface area contributed by atoms with Gasteiger partial charge in [0.05, 0.1) is 5.69 Å². The molecule has 1 heterocycles. The smallest absolute Gasteiger partial charge is 0.268 e.